The summed E-state index contributed by atoms with van der Waals surface area (Å²) >= 11 is 4.34. The highest BCUT2D eigenvalue weighted by Crippen LogP contribution is 2.39. The highest BCUT2D eigenvalue weighted by Gasteiger charge is 2.44. The van der Waals surface area contributed by atoms with E-state index in [4.69, 9.17) is 0 Å². The second kappa shape index (κ2) is 7.92. The summed E-state index contributed by atoms with van der Waals surface area (Å²) in [4.78, 5) is 39.1. The van der Waals surface area contributed by atoms with E-state index in [1.165, 1.54) is 4.90 Å². The van der Waals surface area contributed by atoms with E-state index in [9.17, 15) is 19.5 Å². The van der Waals surface area contributed by atoms with Crippen molar-refractivity contribution >= 4 is 30.4 Å². The van der Waals surface area contributed by atoms with Gasteiger partial charge in [0, 0.05) is 6.42 Å². The third kappa shape index (κ3) is 3.83. The molecule has 1 aromatic carbocycles. The summed E-state index contributed by atoms with van der Waals surface area (Å²) in [6.45, 7) is 3.78. The Bertz CT molecular complexity index is 751. The second-order valence-electron chi connectivity index (χ2n) is 7.70. The maximum Gasteiger partial charge on any atom is 0.326 e. The summed E-state index contributed by atoms with van der Waals surface area (Å²) in [5.41, 5.74) is 1.97. The fraction of sp³-hybridized carbons (Fsp3) is 0.550. The van der Waals surface area contributed by atoms with Gasteiger partial charge in [-0.1, -0.05) is 38.1 Å². The van der Waals surface area contributed by atoms with E-state index in [1.54, 1.807) is 0 Å². The number of nitrogens with one attached hydrogen (secondary N) is 1. The van der Waals surface area contributed by atoms with Crippen LogP contribution >= 0.6 is 12.6 Å². The van der Waals surface area contributed by atoms with Crippen LogP contribution < -0.4 is 5.32 Å². The van der Waals surface area contributed by atoms with Crippen molar-refractivity contribution in [1.82, 2.24) is 10.2 Å². The lowest BCUT2D eigenvalue weighted by Gasteiger charge is -2.40. The van der Waals surface area contributed by atoms with Gasteiger partial charge in [0.15, 0.2) is 0 Å². The molecule has 1 aromatic rings. The molecule has 0 spiro atoms. The molecule has 2 aliphatic rings. The minimum absolute atomic E-state index is 0.0241. The van der Waals surface area contributed by atoms with Crippen LogP contribution in [0.1, 0.15) is 50.3 Å². The van der Waals surface area contributed by atoms with Gasteiger partial charge in [0.05, 0.1) is 11.3 Å². The van der Waals surface area contributed by atoms with E-state index in [-0.39, 0.29) is 23.8 Å². The Hall–Kier alpha value is -2.02. The number of fused-ring (bicyclic) bond motifs is 3. The summed E-state index contributed by atoms with van der Waals surface area (Å²) < 4.78 is 0. The van der Waals surface area contributed by atoms with Gasteiger partial charge < -0.3 is 15.3 Å². The second-order valence-corrected chi connectivity index (χ2v) is 8.26. The molecule has 3 rings (SSSR count). The maximum atomic E-state index is 13.3. The van der Waals surface area contributed by atoms with Gasteiger partial charge in [0.2, 0.25) is 11.8 Å². The van der Waals surface area contributed by atoms with Crippen molar-refractivity contribution in [1.29, 1.82) is 0 Å². The fourth-order valence-corrected chi connectivity index (χ4v) is 4.13. The third-order valence-electron chi connectivity index (χ3n) is 5.52. The van der Waals surface area contributed by atoms with Gasteiger partial charge in [0.25, 0.3) is 0 Å². The molecule has 0 bridgehead atoms. The zero-order chi connectivity index (χ0) is 19.7. The number of carbonyl (C=O) groups is 3. The summed E-state index contributed by atoms with van der Waals surface area (Å²) in [5.74, 6) is -1.59. The number of carbonyl (C=O) groups excluding carboxylic acids is 2. The number of benzene rings is 1. The van der Waals surface area contributed by atoms with Gasteiger partial charge in [-0.2, -0.15) is 12.6 Å². The molecule has 2 N–H and O–H groups in total. The Morgan fingerprint density at radius 2 is 1.96 bits per heavy atom. The number of hydrogen-bond donors (Lipinski definition) is 3. The van der Waals surface area contributed by atoms with Crippen molar-refractivity contribution in [3.63, 3.8) is 0 Å². The molecule has 2 heterocycles. The molecule has 3 unspecified atom stereocenters. The largest absolute Gasteiger partial charge is 0.480 e. The van der Waals surface area contributed by atoms with Gasteiger partial charge in [0.1, 0.15) is 12.1 Å². The standard InChI is InChI=1S/C20H26N2O4S/c1-11(2)17(27)18(23)21-14-10-12-6-3-4-7-13(12)15-8-5-9-16(20(25)26)22(15)19(14)24/h3-4,6-7,11,14-17,27H,5,8-10H2,1-2H3,(H,21,23)(H,25,26)/t14?,15?,16?,17-/m0/s1. The predicted molar refractivity (Wildman–Crippen MR) is 105 cm³/mol. The van der Waals surface area contributed by atoms with Gasteiger partial charge >= 0.3 is 5.97 Å². The van der Waals surface area contributed by atoms with E-state index in [0.717, 1.165) is 24.0 Å². The minimum atomic E-state index is -0.994. The molecular weight excluding hydrogens is 364 g/mol. The predicted octanol–water partition coefficient (Wildman–Crippen LogP) is 2.19. The number of thiol groups is 1. The van der Waals surface area contributed by atoms with E-state index >= 15 is 0 Å². The van der Waals surface area contributed by atoms with E-state index in [0.29, 0.717) is 12.8 Å². The van der Waals surface area contributed by atoms with Crippen molar-refractivity contribution in [2.75, 3.05) is 0 Å². The van der Waals surface area contributed by atoms with Crippen molar-refractivity contribution in [2.45, 2.75) is 62.9 Å². The number of hydrogen-bond acceptors (Lipinski definition) is 4. The molecule has 0 radical (unpaired) electrons. The van der Waals surface area contributed by atoms with Crippen molar-refractivity contribution in [3.8, 4) is 0 Å². The fourth-order valence-electron chi connectivity index (χ4n) is 4.06. The van der Waals surface area contributed by atoms with Crippen LogP contribution in [0.5, 0.6) is 0 Å². The van der Waals surface area contributed by atoms with Crippen LogP contribution in [0.3, 0.4) is 0 Å². The Morgan fingerprint density at radius 1 is 1.26 bits per heavy atom. The minimum Gasteiger partial charge on any atom is -0.480 e. The molecule has 7 heteroatoms. The lowest BCUT2D eigenvalue weighted by molar-refractivity contribution is -0.156. The Labute approximate surface area is 164 Å². The summed E-state index contributed by atoms with van der Waals surface area (Å²) in [5, 5.41) is 12.0. The normalized spacial score (nSPS) is 26.0. The summed E-state index contributed by atoms with van der Waals surface area (Å²) in [6, 6.07) is 5.83. The average molecular weight is 391 g/mol. The monoisotopic (exact) mass is 390 g/mol. The molecule has 0 aliphatic carbocycles. The first-order valence-corrected chi connectivity index (χ1v) is 9.94. The number of piperidine rings is 1. The van der Waals surface area contributed by atoms with Gasteiger partial charge in [-0.25, -0.2) is 4.79 Å². The SMILES string of the molecule is CC(C)[C@H](S)C(=O)NC1Cc2ccccc2C2CCCC(C(=O)O)N2C1=O. The molecule has 6 nitrogen and oxygen atoms in total. The number of aliphatic carboxylic acids is 1. The van der Waals surface area contributed by atoms with Gasteiger partial charge in [-0.15, -0.1) is 0 Å². The molecule has 146 valence electrons. The third-order valence-corrected chi connectivity index (χ3v) is 6.35. The first-order chi connectivity index (χ1) is 12.8. The first-order valence-electron chi connectivity index (χ1n) is 9.42. The summed E-state index contributed by atoms with van der Waals surface area (Å²) in [6.07, 6.45) is 2.28. The number of amides is 2. The molecule has 4 atom stereocenters. The maximum absolute atomic E-state index is 13.3. The Balaban J connectivity index is 1.98. The number of rotatable bonds is 4. The van der Waals surface area contributed by atoms with Crippen LogP contribution in [-0.4, -0.2) is 45.1 Å². The zero-order valence-electron chi connectivity index (χ0n) is 15.6. The Morgan fingerprint density at radius 3 is 2.63 bits per heavy atom. The van der Waals surface area contributed by atoms with Gasteiger partial charge in [-0.05, 0) is 36.3 Å². The molecule has 0 saturated carbocycles. The summed E-state index contributed by atoms with van der Waals surface area (Å²) in [7, 11) is 0. The highest BCUT2D eigenvalue weighted by atomic mass is 32.1. The molecule has 1 fully saturated rings. The van der Waals surface area contributed by atoms with Crippen LogP contribution in [0.4, 0.5) is 0 Å². The molecular formula is C20H26N2O4S. The Kier molecular flexibility index (Phi) is 5.79. The van der Waals surface area contributed by atoms with Crippen LogP contribution in [0.25, 0.3) is 0 Å². The van der Waals surface area contributed by atoms with Gasteiger partial charge in [-0.3, -0.25) is 9.59 Å². The van der Waals surface area contributed by atoms with E-state index < -0.39 is 23.3 Å². The highest BCUT2D eigenvalue weighted by molar-refractivity contribution is 7.81. The number of carboxylic acids is 1. The molecule has 2 amide bonds. The quantitative estimate of drug-likeness (QED) is 0.688. The lowest BCUT2D eigenvalue weighted by Crippen LogP contribution is -2.56. The van der Waals surface area contributed by atoms with E-state index in [1.807, 2.05) is 38.1 Å². The van der Waals surface area contributed by atoms with Crippen molar-refractivity contribution in [3.05, 3.63) is 35.4 Å². The average Bonchev–Trinajstić information content (AvgIpc) is 2.76. The van der Waals surface area contributed by atoms with Crippen LogP contribution in [0, 0.1) is 5.92 Å². The molecule has 0 aromatic heterocycles. The number of carboxylic acid groups (broad SMARTS) is 1. The molecule has 1 saturated heterocycles. The molecule has 2 aliphatic heterocycles. The van der Waals surface area contributed by atoms with Crippen LogP contribution in [-0.2, 0) is 20.8 Å². The topological polar surface area (TPSA) is 86.7 Å². The zero-order valence-corrected chi connectivity index (χ0v) is 16.5. The van der Waals surface area contributed by atoms with E-state index in [2.05, 4.69) is 17.9 Å². The van der Waals surface area contributed by atoms with Crippen molar-refractivity contribution in [2.24, 2.45) is 5.92 Å². The first kappa shape index (κ1) is 19.7. The lowest BCUT2D eigenvalue weighted by atomic mass is 9.89. The molecule has 27 heavy (non-hydrogen) atoms. The van der Waals surface area contributed by atoms with Crippen molar-refractivity contribution < 1.29 is 19.5 Å². The smallest absolute Gasteiger partial charge is 0.326 e. The number of nitrogens with zero attached hydrogens (tertiary/aromatic N) is 1. The van der Waals surface area contributed by atoms with Crippen LogP contribution in [0.15, 0.2) is 24.3 Å². The van der Waals surface area contributed by atoms with Crippen LogP contribution in [0.2, 0.25) is 0 Å².